The molecule has 1 N–H and O–H groups in total. The molecule has 0 bridgehead atoms. The second-order valence-corrected chi connectivity index (χ2v) is 8.43. The Labute approximate surface area is 149 Å². The lowest BCUT2D eigenvalue weighted by Gasteiger charge is -2.37. The maximum absolute atomic E-state index is 9.12. The summed E-state index contributed by atoms with van der Waals surface area (Å²) in [6, 6.07) is 9.67. The number of para-hydroxylation sites is 1. The van der Waals surface area contributed by atoms with Crippen molar-refractivity contribution in [3.8, 4) is 0 Å². The van der Waals surface area contributed by atoms with Crippen LogP contribution in [-0.2, 0) is 0 Å². The number of rotatable bonds is 3. The molecule has 3 aliphatic rings. The van der Waals surface area contributed by atoms with Crippen LogP contribution in [0, 0.1) is 18.8 Å². The SMILES string of the molecule is [2H]N1C(C2CCCC2)[C@H](C)N(c2ccccc2C)C1C1CCCCC1. The van der Waals surface area contributed by atoms with Crippen LogP contribution in [0.25, 0.3) is 0 Å². The van der Waals surface area contributed by atoms with Gasteiger partial charge >= 0.3 is 0 Å². The van der Waals surface area contributed by atoms with Crippen LogP contribution in [0.1, 0.15) is 70.3 Å². The van der Waals surface area contributed by atoms with E-state index in [4.69, 9.17) is 1.41 Å². The number of benzene rings is 1. The van der Waals surface area contributed by atoms with E-state index in [1.165, 1.54) is 69.0 Å². The monoisotopic (exact) mass is 327 g/mol. The zero-order valence-corrected chi connectivity index (χ0v) is 15.5. The van der Waals surface area contributed by atoms with Gasteiger partial charge in [0.25, 0.3) is 0 Å². The first kappa shape index (κ1) is 15.3. The van der Waals surface area contributed by atoms with E-state index in [0.717, 1.165) is 0 Å². The lowest BCUT2D eigenvalue weighted by atomic mass is 9.86. The largest absolute Gasteiger partial charge is 0.351 e. The molecule has 24 heavy (non-hydrogen) atoms. The van der Waals surface area contributed by atoms with Crippen molar-refractivity contribution in [2.75, 3.05) is 4.90 Å². The van der Waals surface area contributed by atoms with Crippen molar-refractivity contribution in [2.24, 2.45) is 11.8 Å². The van der Waals surface area contributed by atoms with Gasteiger partial charge in [-0.05, 0) is 63.0 Å². The zero-order valence-electron chi connectivity index (χ0n) is 16.5. The van der Waals surface area contributed by atoms with Gasteiger partial charge in [0, 0.05) is 17.8 Å². The highest BCUT2D eigenvalue weighted by atomic mass is 15.4. The van der Waals surface area contributed by atoms with Crippen LogP contribution in [0.2, 0.25) is 1.41 Å². The van der Waals surface area contributed by atoms with E-state index in [0.29, 0.717) is 23.9 Å². The summed E-state index contributed by atoms with van der Waals surface area (Å²) in [7, 11) is 0. The predicted molar refractivity (Wildman–Crippen MR) is 102 cm³/mol. The van der Waals surface area contributed by atoms with Crippen LogP contribution in [0.5, 0.6) is 0 Å². The third-order valence-corrected chi connectivity index (χ3v) is 6.89. The van der Waals surface area contributed by atoms with Crippen LogP contribution >= 0.6 is 0 Å². The summed E-state index contributed by atoms with van der Waals surface area (Å²) >= 11 is 0. The Kier molecular flexibility index (Phi) is 4.50. The van der Waals surface area contributed by atoms with Crippen molar-refractivity contribution in [3.63, 3.8) is 0 Å². The predicted octanol–water partition coefficient (Wildman–Crippen LogP) is 5.26. The Morgan fingerprint density at radius 3 is 2.29 bits per heavy atom. The van der Waals surface area contributed by atoms with Gasteiger partial charge in [-0.3, -0.25) is 5.31 Å². The Morgan fingerprint density at radius 2 is 1.58 bits per heavy atom. The molecule has 3 fully saturated rings. The van der Waals surface area contributed by atoms with Crippen molar-refractivity contribution >= 4 is 5.69 Å². The molecule has 2 aliphatic carbocycles. The van der Waals surface area contributed by atoms with Crippen molar-refractivity contribution < 1.29 is 1.41 Å². The van der Waals surface area contributed by atoms with E-state index in [-0.39, 0.29) is 6.17 Å². The molecule has 132 valence electrons. The van der Waals surface area contributed by atoms with E-state index in [1.54, 1.807) is 0 Å². The Hall–Kier alpha value is -1.02. The normalized spacial score (nSPS) is 34.0. The van der Waals surface area contributed by atoms with Gasteiger partial charge in [0.1, 0.15) is 1.41 Å². The van der Waals surface area contributed by atoms with E-state index >= 15 is 0 Å². The molecule has 2 heteroatoms. The minimum absolute atomic E-state index is 0.266. The molecule has 1 saturated heterocycles. The van der Waals surface area contributed by atoms with Crippen LogP contribution in [0.3, 0.4) is 0 Å². The van der Waals surface area contributed by atoms with Gasteiger partial charge in [-0.25, -0.2) is 0 Å². The van der Waals surface area contributed by atoms with Gasteiger partial charge in [0.05, 0.1) is 6.17 Å². The second-order valence-electron chi connectivity index (χ2n) is 8.43. The average molecular weight is 328 g/mol. The third kappa shape index (κ3) is 2.98. The number of hydrogen-bond acceptors (Lipinski definition) is 2. The smallest absolute Gasteiger partial charge is 0.125 e. The maximum Gasteiger partial charge on any atom is 0.125 e. The molecule has 0 spiro atoms. The second kappa shape index (κ2) is 7.07. The summed E-state index contributed by atoms with van der Waals surface area (Å²) in [6.45, 7) is 4.62. The van der Waals surface area contributed by atoms with Gasteiger partial charge < -0.3 is 4.90 Å². The number of aryl methyl sites for hydroxylation is 1. The summed E-state index contributed by atoms with van der Waals surface area (Å²) in [5, 5.41) is 2.06. The maximum atomic E-state index is 9.12. The van der Waals surface area contributed by atoms with Crippen LogP contribution in [0.4, 0.5) is 5.69 Å². The quantitative estimate of drug-likeness (QED) is 0.815. The summed E-state index contributed by atoms with van der Waals surface area (Å²) in [5.41, 5.74) is 2.72. The first-order chi connectivity index (χ1) is 12.2. The lowest BCUT2D eigenvalue weighted by Crippen LogP contribution is -2.45. The van der Waals surface area contributed by atoms with E-state index in [1.807, 2.05) is 0 Å². The molecule has 1 aliphatic heterocycles. The molecule has 2 nitrogen and oxygen atoms in total. The highest BCUT2D eigenvalue weighted by Crippen LogP contribution is 2.40. The van der Waals surface area contributed by atoms with Gasteiger partial charge in [-0.2, -0.15) is 0 Å². The summed E-state index contributed by atoms with van der Waals surface area (Å²) in [6.07, 6.45) is 12.3. The fraction of sp³-hybridized carbons (Fsp3) is 0.727. The van der Waals surface area contributed by atoms with Crippen molar-refractivity contribution in [1.29, 1.82) is 0 Å². The average Bonchev–Trinajstić information content (AvgIpc) is 3.23. The molecule has 4 rings (SSSR count). The van der Waals surface area contributed by atoms with Gasteiger partial charge in [-0.1, -0.05) is 50.3 Å². The molecule has 1 aromatic carbocycles. The van der Waals surface area contributed by atoms with Gasteiger partial charge in [0.15, 0.2) is 0 Å². The number of anilines is 1. The molecule has 1 heterocycles. The molecular weight excluding hydrogens is 292 g/mol. The van der Waals surface area contributed by atoms with Crippen LogP contribution in [0.15, 0.2) is 24.3 Å². The Morgan fingerprint density at radius 1 is 0.958 bits per heavy atom. The van der Waals surface area contributed by atoms with Gasteiger partial charge in [0.2, 0.25) is 0 Å². The Balaban J connectivity index is 1.70. The molecule has 3 atom stereocenters. The first-order valence-electron chi connectivity index (χ1n) is 10.7. The lowest BCUT2D eigenvalue weighted by molar-refractivity contribution is 0.271. The topological polar surface area (TPSA) is 15.3 Å². The fourth-order valence-electron chi connectivity index (χ4n) is 5.59. The van der Waals surface area contributed by atoms with Crippen molar-refractivity contribution in [1.82, 2.24) is 5.31 Å². The Bertz CT molecular complexity index is 577. The molecule has 0 radical (unpaired) electrons. The zero-order chi connectivity index (χ0) is 17.4. The number of hydrogen-bond donors (Lipinski definition) is 1. The summed E-state index contributed by atoms with van der Waals surface area (Å²) in [4.78, 5) is 2.64. The molecule has 2 unspecified atom stereocenters. The first-order valence-corrected chi connectivity index (χ1v) is 10.3. The van der Waals surface area contributed by atoms with Crippen LogP contribution in [-0.4, -0.2) is 18.2 Å². The fourth-order valence-corrected chi connectivity index (χ4v) is 5.59. The standard InChI is InChI=1S/C22H34N2/c1-16-10-6-9-15-20(16)24-17(2)21(18-11-7-8-12-18)23-22(24)19-13-4-3-5-14-19/h6,9-10,15,17-19,21-23H,3-5,7-8,11-14H2,1-2H3/t17-,21?,22?/m0/s1/i/hD. The molecule has 1 aromatic rings. The molecular formula is C22H34N2. The van der Waals surface area contributed by atoms with Crippen LogP contribution < -0.4 is 10.2 Å². The summed E-state index contributed by atoms with van der Waals surface area (Å²) < 4.78 is 9.12. The summed E-state index contributed by atoms with van der Waals surface area (Å²) in [5.74, 6) is 1.37. The van der Waals surface area contributed by atoms with E-state index < -0.39 is 0 Å². The van der Waals surface area contributed by atoms with Crippen molar-refractivity contribution in [2.45, 2.75) is 89.9 Å². The minimum Gasteiger partial charge on any atom is -0.351 e. The third-order valence-electron chi connectivity index (χ3n) is 6.89. The molecule has 2 saturated carbocycles. The van der Waals surface area contributed by atoms with Crippen molar-refractivity contribution in [3.05, 3.63) is 29.8 Å². The highest BCUT2D eigenvalue weighted by Gasteiger charge is 2.45. The van der Waals surface area contributed by atoms with E-state index in [9.17, 15) is 0 Å². The molecule has 0 amide bonds. The van der Waals surface area contributed by atoms with Gasteiger partial charge in [-0.15, -0.1) is 0 Å². The number of nitrogens with one attached hydrogen (secondary N) is 1. The molecule has 0 aromatic heterocycles. The highest BCUT2D eigenvalue weighted by molar-refractivity contribution is 5.56. The minimum atomic E-state index is 0.266. The van der Waals surface area contributed by atoms with E-state index in [2.05, 4.69) is 48.3 Å². The number of nitrogens with zero attached hydrogens (tertiary/aromatic N) is 1.